The molecule has 7 nitrogen and oxygen atoms in total. The van der Waals surface area contributed by atoms with Crippen LogP contribution in [-0.2, 0) is 14.3 Å². The molecule has 2 saturated heterocycles. The van der Waals surface area contributed by atoms with Gasteiger partial charge < -0.3 is 14.5 Å². The smallest absolute Gasteiger partial charge is 0.247 e. The zero-order chi connectivity index (χ0) is 17.9. The molecule has 0 aliphatic carbocycles. The van der Waals surface area contributed by atoms with Crippen LogP contribution in [0, 0.1) is 5.41 Å². The first-order valence-corrected chi connectivity index (χ1v) is 9.09. The van der Waals surface area contributed by atoms with Crippen molar-refractivity contribution in [3.05, 3.63) is 18.5 Å². The molecule has 1 spiro atoms. The van der Waals surface area contributed by atoms with Gasteiger partial charge in [-0.2, -0.15) is 5.10 Å². The van der Waals surface area contributed by atoms with Gasteiger partial charge in [0.25, 0.3) is 0 Å². The molecule has 0 saturated carbocycles. The maximum atomic E-state index is 12.7. The molecule has 1 aromatic rings. The van der Waals surface area contributed by atoms with E-state index in [-0.39, 0.29) is 23.3 Å². The largest absolute Gasteiger partial charge is 0.383 e. The lowest BCUT2D eigenvalue weighted by Gasteiger charge is -2.47. The van der Waals surface area contributed by atoms with Gasteiger partial charge in [0.15, 0.2) is 0 Å². The summed E-state index contributed by atoms with van der Waals surface area (Å²) in [7, 11) is 1.66. The first-order valence-electron chi connectivity index (χ1n) is 9.09. The first-order chi connectivity index (χ1) is 12.0. The van der Waals surface area contributed by atoms with E-state index in [2.05, 4.69) is 5.10 Å². The van der Waals surface area contributed by atoms with Crippen LogP contribution in [0.15, 0.2) is 18.5 Å². The molecule has 138 valence electrons. The van der Waals surface area contributed by atoms with Crippen LogP contribution in [0.3, 0.4) is 0 Å². The van der Waals surface area contributed by atoms with Crippen LogP contribution in [-0.4, -0.2) is 71.3 Å². The van der Waals surface area contributed by atoms with E-state index in [0.717, 1.165) is 38.9 Å². The summed E-state index contributed by atoms with van der Waals surface area (Å²) in [5.74, 6) is 0.357. The number of methoxy groups -OCH3 is 1. The van der Waals surface area contributed by atoms with Crippen molar-refractivity contribution in [1.29, 1.82) is 0 Å². The molecule has 3 heterocycles. The van der Waals surface area contributed by atoms with Gasteiger partial charge in [0.2, 0.25) is 11.8 Å². The summed E-state index contributed by atoms with van der Waals surface area (Å²) in [5, 5.41) is 4.18. The maximum Gasteiger partial charge on any atom is 0.247 e. The van der Waals surface area contributed by atoms with Crippen LogP contribution < -0.4 is 0 Å². The minimum Gasteiger partial charge on any atom is -0.383 e. The molecule has 25 heavy (non-hydrogen) atoms. The van der Waals surface area contributed by atoms with E-state index < -0.39 is 0 Å². The first kappa shape index (κ1) is 17.9. The number of carbonyl (C=O) groups is 2. The summed E-state index contributed by atoms with van der Waals surface area (Å²) < 4.78 is 6.83. The van der Waals surface area contributed by atoms with Gasteiger partial charge in [0.05, 0.1) is 6.61 Å². The quantitative estimate of drug-likeness (QED) is 0.805. The molecular weight excluding hydrogens is 320 g/mol. The molecule has 0 radical (unpaired) electrons. The van der Waals surface area contributed by atoms with Crippen LogP contribution in [0.4, 0.5) is 0 Å². The summed E-state index contributed by atoms with van der Waals surface area (Å²) >= 11 is 0. The average Bonchev–Trinajstić information content (AvgIpc) is 3.17. The Balaban J connectivity index is 1.57. The highest BCUT2D eigenvalue weighted by molar-refractivity contribution is 5.80. The number of hydrogen-bond donors (Lipinski definition) is 0. The van der Waals surface area contributed by atoms with Gasteiger partial charge in [-0.05, 0) is 37.7 Å². The van der Waals surface area contributed by atoms with E-state index in [9.17, 15) is 9.59 Å². The van der Waals surface area contributed by atoms with Gasteiger partial charge >= 0.3 is 0 Å². The number of amides is 2. The predicted molar refractivity (Wildman–Crippen MR) is 92.9 cm³/mol. The Hall–Kier alpha value is -1.89. The Bertz CT molecular complexity index is 593. The Morgan fingerprint density at radius 3 is 2.76 bits per heavy atom. The van der Waals surface area contributed by atoms with E-state index in [1.165, 1.54) is 0 Å². The van der Waals surface area contributed by atoms with E-state index >= 15 is 0 Å². The van der Waals surface area contributed by atoms with Crippen molar-refractivity contribution in [2.75, 3.05) is 39.9 Å². The van der Waals surface area contributed by atoms with Crippen molar-refractivity contribution in [3.8, 4) is 0 Å². The minimum absolute atomic E-state index is 0.127. The van der Waals surface area contributed by atoms with Crippen LogP contribution in [0.5, 0.6) is 0 Å². The fraction of sp³-hybridized carbons (Fsp3) is 0.722. The van der Waals surface area contributed by atoms with Crippen LogP contribution in [0.25, 0.3) is 0 Å². The second kappa shape index (κ2) is 7.56. The van der Waals surface area contributed by atoms with Crippen molar-refractivity contribution < 1.29 is 14.3 Å². The van der Waals surface area contributed by atoms with Crippen LogP contribution >= 0.6 is 0 Å². The Kier molecular flexibility index (Phi) is 5.42. The number of hydrogen-bond acceptors (Lipinski definition) is 4. The molecular formula is C18H28N4O3. The number of nitrogens with zero attached hydrogens (tertiary/aromatic N) is 4. The number of ether oxygens (including phenoxy) is 1. The Labute approximate surface area is 148 Å². The van der Waals surface area contributed by atoms with Gasteiger partial charge in [-0.3, -0.25) is 14.3 Å². The van der Waals surface area contributed by atoms with Crippen LogP contribution in [0.1, 0.15) is 38.6 Å². The molecule has 0 aromatic carbocycles. The molecule has 1 aromatic heterocycles. The zero-order valence-corrected chi connectivity index (χ0v) is 15.2. The summed E-state index contributed by atoms with van der Waals surface area (Å²) in [4.78, 5) is 28.7. The molecule has 2 aliphatic heterocycles. The lowest BCUT2D eigenvalue weighted by Crippen LogP contribution is -2.53. The highest BCUT2D eigenvalue weighted by atomic mass is 16.5. The Morgan fingerprint density at radius 1 is 1.36 bits per heavy atom. The van der Waals surface area contributed by atoms with Gasteiger partial charge in [-0.1, -0.05) is 0 Å². The third-order valence-corrected chi connectivity index (χ3v) is 5.73. The third kappa shape index (κ3) is 3.86. The summed E-state index contributed by atoms with van der Waals surface area (Å²) in [6.45, 7) is 5.45. The lowest BCUT2D eigenvalue weighted by molar-refractivity contribution is -0.144. The molecule has 0 bridgehead atoms. The topological polar surface area (TPSA) is 67.7 Å². The van der Waals surface area contributed by atoms with Crippen LogP contribution in [0.2, 0.25) is 0 Å². The van der Waals surface area contributed by atoms with Crippen molar-refractivity contribution >= 4 is 11.8 Å². The number of aromatic nitrogens is 2. The summed E-state index contributed by atoms with van der Waals surface area (Å²) in [6.07, 6.45) is 6.99. The second-order valence-corrected chi connectivity index (χ2v) is 7.30. The molecule has 2 fully saturated rings. The molecule has 0 unspecified atom stereocenters. The highest BCUT2D eigenvalue weighted by Gasteiger charge is 2.42. The average molecular weight is 348 g/mol. The SMILES string of the molecule is COCCN1CC2(CCC1=O)CCN(C(=O)[C@@H](C)n1cccn1)CC2. The molecule has 2 aliphatic rings. The molecule has 1 atom stereocenters. The van der Waals surface area contributed by atoms with Crippen molar-refractivity contribution in [2.45, 2.75) is 38.6 Å². The Morgan fingerprint density at radius 2 is 2.12 bits per heavy atom. The maximum absolute atomic E-state index is 12.7. The summed E-state index contributed by atoms with van der Waals surface area (Å²) in [5.41, 5.74) is 0.160. The predicted octanol–water partition coefficient (Wildman–Crippen LogP) is 1.32. The molecule has 3 rings (SSSR count). The lowest BCUT2D eigenvalue weighted by atomic mass is 9.72. The van der Waals surface area contributed by atoms with Crippen molar-refractivity contribution in [2.24, 2.45) is 5.41 Å². The fourth-order valence-corrected chi connectivity index (χ4v) is 4.00. The zero-order valence-electron chi connectivity index (χ0n) is 15.2. The van der Waals surface area contributed by atoms with Gasteiger partial charge in [0, 0.05) is 52.1 Å². The number of piperidine rings is 2. The minimum atomic E-state index is -0.268. The third-order valence-electron chi connectivity index (χ3n) is 5.73. The van der Waals surface area contributed by atoms with E-state index in [1.807, 2.05) is 29.0 Å². The number of rotatable bonds is 5. The summed E-state index contributed by atoms with van der Waals surface area (Å²) in [6, 6.07) is 1.57. The van der Waals surface area contributed by atoms with E-state index in [0.29, 0.717) is 19.6 Å². The number of carbonyl (C=O) groups excluding carboxylic acids is 2. The molecule has 0 N–H and O–H groups in total. The van der Waals surface area contributed by atoms with Crippen molar-refractivity contribution in [3.63, 3.8) is 0 Å². The standard InChI is InChI=1S/C18H28N4O3/c1-15(22-9-3-8-19-22)17(24)20-10-6-18(7-11-20)5-4-16(23)21(14-18)12-13-25-2/h3,8-9,15H,4-7,10-14H2,1-2H3/t15-/m1/s1. The van der Waals surface area contributed by atoms with Gasteiger partial charge in [-0.25, -0.2) is 0 Å². The van der Waals surface area contributed by atoms with Gasteiger partial charge in [0.1, 0.15) is 6.04 Å². The van der Waals surface area contributed by atoms with E-state index in [4.69, 9.17) is 4.74 Å². The second-order valence-electron chi connectivity index (χ2n) is 7.30. The fourth-order valence-electron chi connectivity index (χ4n) is 4.00. The van der Waals surface area contributed by atoms with E-state index in [1.54, 1.807) is 18.0 Å². The molecule has 7 heteroatoms. The normalized spacial score (nSPS) is 21.6. The highest BCUT2D eigenvalue weighted by Crippen LogP contribution is 2.40. The molecule has 2 amide bonds. The monoisotopic (exact) mass is 348 g/mol. The van der Waals surface area contributed by atoms with Crippen molar-refractivity contribution in [1.82, 2.24) is 19.6 Å². The number of likely N-dealkylation sites (tertiary alicyclic amines) is 2. The van der Waals surface area contributed by atoms with Gasteiger partial charge in [-0.15, -0.1) is 0 Å².